The number of hydrogen-bond acceptors (Lipinski definition) is 2. The van der Waals surface area contributed by atoms with E-state index in [-0.39, 0.29) is 12.4 Å². The molecule has 1 rings (SSSR count). The standard InChI is InChI=1S/C17H23F3O2Si/c1-5-15(22-23(6-2,7-3)8-4)13-21-16-11-9-10-14(12-16)17(18,19)20/h1,9-12,15H,6-8,13H2,2-4H3/t15-/m1/s1. The van der Waals surface area contributed by atoms with Crippen molar-refractivity contribution in [3.8, 4) is 18.1 Å². The van der Waals surface area contributed by atoms with Crippen LogP contribution in [-0.4, -0.2) is 21.0 Å². The first-order valence-corrected chi connectivity index (χ1v) is 10.3. The minimum atomic E-state index is -4.39. The highest BCUT2D eigenvalue weighted by Gasteiger charge is 2.32. The number of rotatable bonds is 8. The van der Waals surface area contributed by atoms with Gasteiger partial charge in [-0.2, -0.15) is 13.2 Å². The van der Waals surface area contributed by atoms with Gasteiger partial charge < -0.3 is 9.16 Å². The lowest BCUT2D eigenvalue weighted by Gasteiger charge is -2.31. The highest BCUT2D eigenvalue weighted by molar-refractivity contribution is 6.73. The predicted octanol–water partition coefficient (Wildman–Crippen LogP) is 5.11. The third-order valence-corrected chi connectivity index (χ3v) is 8.72. The average Bonchev–Trinajstić information content (AvgIpc) is 2.55. The van der Waals surface area contributed by atoms with Crippen LogP contribution in [0.1, 0.15) is 26.3 Å². The molecule has 0 N–H and O–H groups in total. The molecular formula is C17H23F3O2Si. The average molecular weight is 344 g/mol. The molecule has 0 heterocycles. The Bertz CT molecular complexity index is 525. The van der Waals surface area contributed by atoms with Crippen LogP contribution in [0.25, 0.3) is 0 Å². The lowest BCUT2D eigenvalue weighted by Crippen LogP contribution is -2.41. The van der Waals surface area contributed by atoms with E-state index in [1.807, 2.05) is 0 Å². The Morgan fingerprint density at radius 2 is 1.78 bits per heavy atom. The molecule has 0 aliphatic heterocycles. The van der Waals surface area contributed by atoms with Gasteiger partial charge in [0.1, 0.15) is 18.5 Å². The van der Waals surface area contributed by atoms with Gasteiger partial charge in [0.15, 0.2) is 8.32 Å². The Kier molecular flexibility index (Phi) is 7.17. The van der Waals surface area contributed by atoms with Crippen LogP contribution in [0, 0.1) is 12.3 Å². The van der Waals surface area contributed by atoms with Gasteiger partial charge in [-0.05, 0) is 36.3 Å². The summed E-state index contributed by atoms with van der Waals surface area (Å²) in [4.78, 5) is 0. The maximum Gasteiger partial charge on any atom is 0.416 e. The molecule has 6 heteroatoms. The maximum absolute atomic E-state index is 12.7. The number of hydrogen-bond donors (Lipinski definition) is 0. The summed E-state index contributed by atoms with van der Waals surface area (Å²) in [5.41, 5.74) is -0.743. The van der Waals surface area contributed by atoms with E-state index in [9.17, 15) is 13.2 Å². The molecule has 2 nitrogen and oxygen atoms in total. The molecule has 0 radical (unpaired) electrons. The van der Waals surface area contributed by atoms with E-state index in [1.165, 1.54) is 12.1 Å². The van der Waals surface area contributed by atoms with Crippen molar-refractivity contribution in [1.82, 2.24) is 0 Å². The quantitative estimate of drug-likeness (QED) is 0.482. The summed E-state index contributed by atoms with van der Waals surface area (Å²) in [6.07, 6.45) is 0.557. The van der Waals surface area contributed by atoms with Crippen LogP contribution >= 0.6 is 0 Å². The molecule has 0 saturated heterocycles. The molecule has 0 bridgehead atoms. The van der Waals surface area contributed by atoms with Gasteiger partial charge in [0.05, 0.1) is 5.56 Å². The zero-order valence-corrected chi connectivity index (χ0v) is 14.7. The molecule has 1 aromatic rings. The fourth-order valence-electron chi connectivity index (χ4n) is 2.35. The van der Waals surface area contributed by atoms with Crippen LogP contribution in [0.2, 0.25) is 18.1 Å². The summed E-state index contributed by atoms with van der Waals surface area (Å²) in [6.45, 7) is 6.30. The van der Waals surface area contributed by atoms with Gasteiger partial charge in [-0.3, -0.25) is 0 Å². The molecule has 0 spiro atoms. The third-order valence-electron chi connectivity index (χ3n) is 4.07. The number of ether oxygens (including phenoxy) is 1. The summed E-state index contributed by atoms with van der Waals surface area (Å²) in [6, 6.07) is 7.61. The topological polar surface area (TPSA) is 18.5 Å². The van der Waals surface area contributed by atoms with Crippen LogP contribution in [0.4, 0.5) is 13.2 Å². The molecule has 0 amide bonds. The van der Waals surface area contributed by atoms with Crippen LogP contribution in [0.3, 0.4) is 0 Å². The van der Waals surface area contributed by atoms with Gasteiger partial charge in [0.2, 0.25) is 0 Å². The van der Waals surface area contributed by atoms with Gasteiger partial charge in [0.25, 0.3) is 0 Å². The smallest absolute Gasteiger partial charge is 0.416 e. The molecule has 0 fully saturated rings. The number of halogens is 3. The van der Waals surface area contributed by atoms with Crippen molar-refractivity contribution in [2.24, 2.45) is 0 Å². The Hall–Kier alpha value is -1.45. The van der Waals surface area contributed by atoms with E-state index in [4.69, 9.17) is 15.6 Å². The van der Waals surface area contributed by atoms with E-state index in [0.29, 0.717) is 0 Å². The zero-order chi connectivity index (χ0) is 17.5. The summed E-state index contributed by atoms with van der Waals surface area (Å²) < 4.78 is 49.6. The minimum Gasteiger partial charge on any atom is -0.490 e. The van der Waals surface area contributed by atoms with E-state index in [2.05, 4.69) is 26.7 Å². The molecular weight excluding hydrogens is 321 g/mol. The second kappa shape index (κ2) is 8.41. The first-order chi connectivity index (χ1) is 10.8. The molecule has 0 aliphatic rings. The number of benzene rings is 1. The molecule has 0 unspecified atom stereocenters. The molecule has 1 aromatic carbocycles. The largest absolute Gasteiger partial charge is 0.490 e. The van der Waals surface area contributed by atoms with Crippen molar-refractivity contribution in [3.63, 3.8) is 0 Å². The lowest BCUT2D eigenvalue weighted by atomic mass is 10.2. The monoisotopic (exact) mass is 344 g/mol. The fraction of sp³-hybridized carbons (Fsp3) is 0.529. The Labute approximate surface area is 137 Å². The van der Waals surface area contributed by atoms with E-state index in [1.54, 1.807) is 0 Å². The summed E-state index contributed by atoms with van der Waals surface area (Å²) in [5, 5.41) is 0. The molecule has 1 atom stereocenters. The van der Waals surface area contributed by atoms with Crippen LogP contribution in [0.5, 0.6) is 5.75 Å². The second-order valence-corrected chi connectivity index (χ2v) is 10.1. The third kappa shape index (κ3) is 5.59. The van der Waals surface area contributed by atoms with Crippen LogP contribution in [0.15, 0.2) is 24.3 Å². The van der Waals surface area contributed by atoms with E-state index < -0.39 is 26.2 Å². The summed E-state index contributed by atoms with van der Waals surface area (Å²) in [7, 11) is -1.88. The molecule has 0 aromatic heterocycles. The highest BCUT2D eigenvalue weighted by atomic mass is 28.4. The maximum atomic E-state index is 12.7. The fourth-order valence-corrected chi connectivity index (χ4v) is 5.09. The molecule has 0 aliphatic carbocycles. The normalized spacial score (nSPS) is 13.4. The Morgan fingerprint density at radius 1 is 1.17 bits per heavy atom. The van der Waals surface area contributed by atoms with Gasteiger partial charge in [-0.25, -0.2) is 0 Å². The van der Waals surface area contributed by atoms with E-state index in [0.717, 1.165) is 30.3 Å². The first kappa shape index (κ1) is 19.6. The van der Waals surface area contributed by atoms with Crippen molar-refractivity contribution < 1.29 is 22.3 Å². The van der Waals surface area contributed by atoms with Gasteiger partial charge in [-0.1, -0.05) is 32.8 Å². The van der Waals surface area contributed by atoms with Crippen LogP contribution in [-0.2, 0) is 10.6 Å². The first-order valence-electron chi connectivity index (χ1n) is 7.74. The second-order valence-electron chi connectivity index (χ2n) is 5.35. The Balaban J connectivity index is 2.74. The van der Waals surface area contributed by atoms with Crippen molar-refractivity contribution in [1.29, 1.82) is 0 Å². The SMILES string of the molecule is C#C[C@H](COc1cccc(C(F)(F)F)c1)O[Si](CC)(CC)CC. The zero-order valence-electron chi connectivity index (χ0n) is 13.7. The highest BCUT2D eigenvalue weighted by Crippen LogP contribution is 2.31. The van der Waals surface area contributed by atoms with Gasteiger partial charge in [-0.15, -0.1) is 6.42 Å². The Morgan fingerprint density at radius 3 is 2.26 bits per heavy atom. The number of terminal acetylenes is 1. The molecule has 0 saturated carbocycles. The molecule has 23 heavy (non-hydrogen) atoms. The summed E-state index contributed by atoms with van der Waals surface area (Å²) >= 11 is 0. The predicted molar refractivity (Wildman–Crippen MR) is 87.8 cm³/mol. The van der Waals surface area contributed by atoms with Crippen molar-refractivity contribution in [3.05, 3.63) is 29.8 Å². The minimum absolute atomic E-state index is 0.0482. The lowest BCUT2D eigenvalue weighted by molar-refractivity contribution is -0.137. The van der Waals surface area contributed by atoms with Gasteiger partial charge in [0, 0.05) is 0 Å². The molecule has 128 valence electrons. The van der Waals surface area contributed by atoms with Gasteiger partial charge >= 0.3 is 6.18 Å². The van der Waals surface area contributed by atoms with Crippen LogP contribution < -0.4 is 4.74 Å². The van der Waals surface area contributed by atoms with E-state index >= 15 is 0 Å². The summed E-state index contributed by atoms with van der Waals surface area (Å²) in [5.74, 6) is 2.68. The van der Waals surface area contributed by atoms with Crippen molar-refractivity contribution >= 4 is 8.32 Å². The van der Waals surface area contributed by atoms with Crippen molar-refractivity contribution in [2.75, 3.05) is 6.61 Å². The van der Waals surface area contributed by atoms with Crippen molar-refractivity contribution in [2.45, 2.75) is 51.2 Å². The number of alkyl halides is 3.